The minimum absolute atomic E-state index is 0.402. The van der Waals surface area contributed by atoms with Crippen LogP contribution >= 0.6 is 0 Å². The van der Waals surface area contributed by atoms with Crippen LogP contribution in [-0.4, -0.2) is 5.78 Å². The maximum absolute atomic E-state index is 11.8. The van der Waals surface area contributed by atoms with Gasteiger partial charge in [0.15, 0.2) is 5.78 Å². The maximum atomic E-state index is 11.8. The molecule has 0 N–H and O–H groups in total. The Morgan fingerprint density at radius 1 is 1.07 bits per heavy atom. The first-order valence-corrected chi connectivity index (χ1v) is 6.57. The molecule has 2 aliphatic carbocycles. The molecule has 0 unspecified atom stereocenters. The summed E-state index contributed by atoms with van der Waals surface area (Å²) < 4.78 is 0. The van der Waals surface area contributed by atoms with Crippen LogP contribution in [-0.2, 0) is 4.79 Å². The van der Waals surface area contributed by atoms with Crippen LogP contribution in [0.1, 0.15) is 64.2 Å². The molecular formula is C14H22O. The van der Waals surface area contributed by atoms with Crippen molar-refractivity contribution in [3.8, 4) is 0 Å². The van der Waals surface area contributed by atoms with Crippen molar-refractivity contribution in [2.45, 2.75) is 64.2 Å². The average Bonchev–Trinajstić information content (AvgIpc) is 2.71. The van der Waals surface area contributed by atoms with Crippen LogP contribution in [0.2, 0.25) is 0 Å². The van der Waals surface area contributed by atoms with Gasteiger partial charge in [0, 0.05) is 6.42 Å². The second-order valence-electron chi connectivity index (χ2n) is 5.18. The standard InChI is InChI=1S/C14H22O/c15-14(11-13-8-4-5-9-13)10-12-6-2-1-3-7-12/h10,13H,1-9,11H2. The van der Waals surface area contributed by atoms with E-state index in [1.54, 1.807) is 0 Å². The molecule has 2 fully saturated rings. The van der Waals surface area contributed by atoms with Crippen molar-refractivity contribution in [2.24, 2.45) is 5.92 Å². The zero-order valence-corrected chi connectivity index (χ0v) is 9.63. The Hall–Kier alpha value is -0.590. The maximum Gasteiger partial charge on any atom is 0.155 e. The van der Waals surface area contributed by atoms with Crippen LogP contribution in [0.4, 0.5) is 0 Å². The van der Waals surface area contributed by atoms with E-state index < -0.39 is 0 Å². The first kappa shape index (κ1) is 10.9. The summed E-state index contributed by atoms with van der Waals surface area (Å²) in [5.74, 6) is 1.11. The summed E-state index contributed by atoms with van der Waals surface area (Å²) in [4.78, 5) is 11.8. The Kier molecular flexibility index (Phi) is 3.99. The zero-order valence-electron chi connectivity index (χ0n) is 9.63. The van der Waals surface area contributed by atoms with E-state index in [4.69, 9.17) is 0 Å². The van der Waals surface area contributed by atoms with E-state index in [0.29, 0.717) is 11.7 Å². The van der Waals surface area contributed by atoms with Gasteiger partial charge in [-0.1, -0.05) is 37.7 Å². The van der Waals surface area contributed by atoms with E-state index in [9.17, 15) is 4.79 Å². The number of rotatable bonds is 3. The van der Waals surface area contributed by atoms with Crippen molar-refractivity contribution in [1.29, 1.82) is 0 Å². The third kappa shape index (κ3) is 3.48. The topological polar surface area (TPSA) is 17.1 Å². The Bertz CT molecular complexity index is 238. The van der Waals surface area contributed by atoms with Crippen molar-refractivity contribution in [2.75, 3.05) is 0 Å². The van der Waals surface area contributed by atoms with Crippen LogP contribution < -0.4 is 0 Å². The molecule has 2 aliphatic rings. The molecule has 1 nitrogen and oxygen atoms in total. The average molecular weight is 206 g/mol. The highest BCUT2D eigenvalue weighted by molar-refractivity contribution is 5.90. The smallest absolute Gasteiger partial charge is 0.155 e. The molecule has 0 aliphatic heterocycles. The quantitative estimate of drug-likeness (QED) is 0.637. The highest BCUT2D eigenvalue weighted by atomic mass is 16.1. The number of ketones is 1. The number of carbonyl (C=O) groups is 1. The molecule has 0 saturated heterocycles. The largest absolute Gasteiger partial charge is 0.295 e. The van der Waals surface area contributed by atoms with Crippen LogP contribution in [0.3, 0.4) is 0 Å². The first-order chi connectivity index (χ1) is 7.34. The lowest BCUT2D eigenvalue weighted by atomic mass is 9.92. The van der Waals surface area contributed by atoms with E-state index in [0.717, 1.165) is 6.42 Å². The fourth-order valence-corrected chi connectivity index (χ4v) is 2.94. The summed E-state index contributed by atoms with van der Waals surface area (Å²) in [7, 11) is 0. The van der Waals surface area contributed by atoms with Gasteiger partial charge in [-0.15, -0.1) is 0 Å². The molecule has 0 aromatic heterocycles. The van der Waals surface area contributed by atoms with Crippen molar-refractivity contribution < 1.29 is 4.79 Å². The molecule has 1 heteroatoms. The molecular weight excluding hydrogens is 184 g/mol. The summed E-state index contributed by atoms with van der Waals surface area (Å²) in [6.45, 7) is 0. The van der Waals surface area contributed by atoms with Crippen LogP contribution in [0.5, 0.6) is 0 Å². The zero-order chi connectivity index (χ0) is 10.5. The van der Waals surface area contributed by atoms with Crippen LogP contribution in [0, 0.1) is 5.92 Å². The van der Waals surface area contributed by atoms with Gasteiger partial charge in [0.2, 0.25) is 0 Å². The molecule has 0 spiro atoms. The summed E-state index contributed by atoms with van der Waals surface area (Å²) >= 11 is 0. The van der Waals surface area contributed by atoms with Gasteiger partial charge in [-0.25, -0.2) is 0 Å². The Morgan fingerprint density at radius 3 is 2.40 bits per heavy atom. The number of hydrogen-bond donors (Lipinski definition) is 0. The Balaban J connectivity index is 1.79. The Morgan fingerprint density at radius 2 is 1.73 bits per heavy atom. The van der Waals surface area contributed by atoms with Gasteiger partial charge in [0.25, 0.3) is 0 Å². The minimum atomic E-state index is 0.402. The normalized spacial score (nSPS) is 23.1. The SMILES string of the molecule is O=C(C=C1CCCCC1)CC1CCCC1. The number of hydrogen-bond acceptors (Lipinski definition) is 1. The van der Waals surface area contributed by atoms with Gasteiger partial charge in [-0.3, -0.25) is 4.79 Å². The van der Waals surface area contributed by atoms with Crippen molar-refractivity contribution in [3.63, 3.8) is 0 Å². The number of allylic oxidation sites excluding steroid dienone is 2. The molecule has 2 saturated carbocycles. The molecule has 0 aromatic carbocycles. The van der Waals surface area contributed by atoms with E-state index >= 15 is 0 Å². The van der Waals surface area contributed by atoms with Crippen LogP contribution in [0.15, 0.2) is 11.6 Å². The third-order valence-corrected chi connectivity index (χ3v) is 3.83. The van der Waals surface area contributed by atoms with E-state index in [1.807, 2.05) is 6.08 Å². The third-order valence-electron chi connectivity index (χ3n) is 3.83. The Labute approximate surface area is 92.9 Å². The van der Waals surface area contributed by atoms with Crippen LogP contribution in [0.25, 0.3) is 0 Å². The molecule has 15 heavy (non-hydrogen) atoms. The first-order valence-electron chi connectivity index (χ1n) is 6.57. The molecule has 0 atom stereocenters. The molecule has 84 valence electrons. The fraction of sp³-hybridized carbons (Fsp3) is 0.786. The molecule has 2 rings (SSSR count). The second kappa shape index (κ2) is 5.48. The van der Waals surface area contributed by atoms with Crippen molar-refractivity contribution >= 4 is 5.78 Å². The highest BCUT2D eigenvalue weighted by Gasteiger charge is 2.17. The summed E-state index contributed by atoms with van der Waals surface area (Å²) in [5, 5.41) is 0. The van der Waals surface area contributed by atoms with Gasteiger partial charge in [0.05, 0.1) is 0 Å². The van der Waals surface area contributed by atoms with E-state index in [1.165, 1.54) is 63.4 Å². The van der Waals surface area contributed by atoms with Gasteiger partial charge in [0.1, 0.15) is 0 Å². The molecule has 0 bridgehead atoms. The monoisotopic (exact) mass is 206 g/mol. The summed E-state index contributed by atoms with van der Waals surface area (Å²) in [6.07, 6.45) is 14.3. The lowest BCUT2D eigenvalue weighted by Gasteiger charge is -2.13. The minimum Gasteiger partial charge on any atom is -0.295 e. The van der Waals surface area contributed by atoms with Crippen molar-refractivity contribution in [3.05, 3.63) is 11.6 Å². The predicted molar refractivity (Wildman–Crippen MR) is 62.8 cm³/mol. The van der Waals surface area contributed by atoms with E-state index in [2.05, 4.69) is 0 Å². The second-order valence-corrected chi connectivity index (χ2v) is 5.18. The lowest BCUT2D eigenvalue weighted by Crippen LogP contribution is -2.04. The molecule has 0 aromatic rings. The van der Waals surface area contributed by atoms with E-state index in [-0.39, 0.29) is 0 Å². The lowest BCUT2D eigenvalue weighted by molar-refractivity contribution is -0.115. The summed E-state index contributed by atoms with van der Waals surface area (Å²) in [5.41, 5.74) is 1.42. The highest BCUT2D eigenvalue weighted by Crippen LogP contribution is 2.28. The van der Waals surface area contributed by atoms with Gasteiger partial charge in [-0.05, 0) is 37.7 Å². The van der Waals surface area contributed by atoms with Gasteiger partial charge in [-0.2, -0.15) is 0 Å². The molecule has 0 heterocycles. The van der Waals surface area contributed by atoms with Crippen molar-refractivity contribution in [1.82, 2.24) is 0 Å². The van der Waals surface area contributed by atoms with Gasteiger partial charge < -0.3 is 0 Å². The fourth-order valence-electron chi connectivity index (χ4n) is 2.94. The molecule has 0 radical (unpaired) electrons. The predicted octanol–water partition coefficient (Wildman–Crippen LogP) is 4.03. The number of carbonyl (C=O) groups excluding carboxylic acids is 1. The molecule has 0 amide bonds. The van der Waals surface area contributed by atoms with Gasteiger partial charge >= 0.3 is 0 Å². The summed E-state index contributed by atoms with van der Waals surface area (Å²) in [6, 6.07) is 0.